The Hall–Kier alpha value is -2.34. The van der Waals surface area contributed by atoms with Crippen LogP contribution in [0.25, 0.3) is 0 Å². The average Bonchev–Trinajstić information content (AvgIpc) is 3.01. The van der Waals surface area contributed by atoms with Crippen molar-refractivity contribution in [3.8, 4) is 11.5 Å². The van der Waals surface area contributed by atoms with Crippen molar-refractivity contribution in [3.63, 3.8) is 0 Å². The number of hydrogen-bond acceptors (Lipinski definition) is 5. The molecule has 0 aliphatic carbocycles. The first-order valence-electron chi connectivity index (χ1n) is 5.83. The predicted molar refractivity (Wildman–Crippen MR) is 78.9 cm³/mol. The van der Waals surface area contributed by atoms with Crippen LogP contribution in [-0.2, 0) is 0 Å². The van der Waals surface area contributed by atoms with Crippen LogP contribution < -0.4 is 14.9 Å². The summed E-state index contributed by atoms with van der Waals surface area (Å²) in [6.45, 7) is 0. The van der Waals surface area contributed by atoms with Crippen LogP contribution in [-0.4, -0.2) is 26.3 Å². The Morgan fingerprint density at radius 2 is 2.15 bits per heavy atom. The van der Waals surface area contributed by atoms with Gasteiger partial charge in [-0.1, -0.05) is 6.07 Å². The van der Waals surface area contributed by atoms with E-state index in [1.165, 1.54) is 17.6 Å². The molecule has 0 unspecified atom stereocenters. The monoisotopic (exact) mass is 290 g/mol. The molecular weight excluding hydrogens is 276 g/mol. The molecule has 0 spiro atoms. The normalized spacial score (nSPS) is 10.5. The van der Waals surface area contributed by atoms with Crippen molar-refractivity contribution < 1.29 is 14.3 Å². The molecule has 0 saturated heterocycles. The van der Waals surface area contributed by atoms with Crippen molar-refractivity contribution in [2.24, 2.45) is 5.10 Å². The van der Waals surface area contributed by atoms with Gasteiger partial charge >= 0.3 is 0 Å². The van der Waals surface area contributed by atoms with Gasteiger partial charge in [-0.25, -0.2) is 5.43 Å². The second kappa shape index (κ2) is 6.72. The van der Waals surface area contributed by atoms with Gasteiger partial charge < -0.3 is 9.47 Å². The molecule has 20 heavy (non-hydrogen) atoms. The molecule has 0 bridgehead atoms. The van der Waals surface area contributed by atoms with Gasteiger partial charge in [-0.05, 0) is 23.6 Å². The maximum absolute atomic E-state index is 11.7. The van der Waals surface area contributed by atoms with Crippen molar-refractivity contribution in [1.29, 1.82) is 0 Å². The number of ether oxygens (including phenoxy) is 2. The lowest BCUT2D eigenvalue weighted by atomic mass is 10.2. The molecule has 1 aromatic heterocycles. The molecule has 0 saturated carbocycles. The third-order valence-corrected chi connectivity index (χ3v) is 3.42. The lowest BCUT2D eigenvalue weighted by Crippen LogP contribution is -2.16. The minimum atomic E-state index is -0.233. The molecule has 0 radical (unpaired) electrons. The van der Waals surface area contributed by atoms with E-state index in [2.05, 4.69) is 10.5 Å². The van der Waals surface area contributed by atoms with Crippen LogP contribution in [0.4, 0.5) is 0 Å². The van der Waals surface area contributed by atoms with Crippen molar-refractivity contribution in [2.75, 3.05) is 14.2 Å². The molecule has 1 amide bonds. The van der Waals surface area contributed by atoms with Crippen LogP contribution in [0.1, 0.15) is 15.2 Å². The summed E-state index contributed by atoms with van der Waals surface area (Å²) in [6, 6.07) is 8.91. The molecule has 2 aromatic rings. The molecular formula is C14H14N2O3S. The summed E-state index contributed by atoms with van der Waals surface area (Å²) in [5.41, 5.74) is 3.22. The molecule has 1 heterocycles. The van der Waals surface area contributed by atoms with Crippen LogP contribution in [0.2, 0.25) is 0 Å². The lowest BCUT2D eigenvalue weighted by molar-refractivity contribution is 0.0959. The Morgan fingerprint density at radius 1 is 1.30 bits per heavy atom. The van der Waals surface area contributed by atoms with Gasteiger partial charge in [0.2, 0.25) is 0 Å². The van der Waals surface area contributed by atoms with Crippen molar-refractivity contribution >= 4 is 23.5 Å². The third-order valence-electron chi connectivity index (χ3n) is 2.56. The van der Waals surface area contributed by atoms with Crippen LogP contribution in [0.15, 0.2) is 40.8 Å². The Morgan fingerprint density at radius 3 is 2.80 bits per heavy atom. The largest absolute Gasteiger partial charge is 0.497 e. The zero-order valence-electron chi connectivity index (χ0n) is 11.1. The standard InChI is InChI=1S/C14H14N2O3S/c1-18-11-6-5-10(12(8-11)19-2)9-15-16-14(17)13-4-3-7-20-13/h3-9H,1-2H3,(H,16,17)/b15-9+. The van der Waals surface area contributed by atoms with Gasteiger partial charge in [0.15, 0.2) is 0 Å². The molecule has 104 valence electrons. The van der Waals surface area contributed by atoms with E-state index in [-0.39, 0.29) is 5.91 Å². The number of carbonyl (C=O) groups is 1. The number of nitrogens with one attached hydrogen (secondary N) is 1. The van der Waals surface area contributed by atoms with E-state index < -0.39 is 0 Å². The van der Waals surface area contributed by atoms with Crippen LogP contribution >= 0.6 is 11.3 Å². The second-order valence-corrected chi connectivity index (χ2v) is 4.73. The molecule has 1 N–H and O–H groups in total. The van der Waals surface area contributed by atoms with Gasteiger partial charge in [-0.15, -0.1) is 11.3 Å². The van der Waals surface area contributed by atoms with Crippen molar-refractivity contribution in [2.45, 2.75) is 0 Å². The fourth-order valence-corrected chi connectivity index (χ4v) is 2.16. The Bertz CT molecular complexity index is 609. The quantitative estimate of drug-likeness (QED) is 0.680. The van der Waals surface area contributed by atoms with Crippen molar-refractivity contribution in [3.05, 3.63) is 46.2 Å². The van der Waals surface area contributed by atoms with Gasteiger partial charge in [0.05, 0.1) is 25.3 Å². The highest BCUT2D eigenvalue weighted by atomic mass is 32.1. The summed E-state index contributed by atoms with van der Waals surface area (Å²) in [5.74, 6) is 1.09. The van der Waals surface area contributed by atoms with E-state index in [4.69, 9.17) is 9.47 Å². The summed E-state index contributed by atoms with van der Waals surface area (Å²) in [6.07, 6.45) is 1.53. The summed E-state index contributed by atoms with van der Waals surface area (Å²) < 4.78 is 10.3. The molecule has 5 nitrogen and oxygen atoms in total. The molecule has 0 aliphatic heterocycles. The first-order valence-corrected chi connectivity index (χ1v) is 6.71. The third kappa shape index (κ3) is 3.36. The number of hydrogen-bond donors (Lipinski definition) is 1. The number of amides is 1. The average molecular weight is 290 g/mol. The summed E-state index contributed by atoms with van der Waals surface area (Å²) >= 11 is 1.36. The zero-order valence-corrected chi connectivity index (χ0v) is 11.9. The minimum absolute atomic E-state index is 0.233. The van der Waals surface area contributed by atoms with Gasteiger partial charge in [-0.2, -0.15) is 5.10 Å². The number of benzene rings is 1. The second-order valence-electron chi connectivity index (χ2n) is 3.78. The van der Waals surface area contributed by atoms with Gasteiger partial charge in [-0.3, -0.25) is 4.79 Å². The van der Waals surface area contributed by atoms with E-state index in [0.29, 0.717) is 16.4 Å². The highest BCUT2D eigenvalue weighted by molar-refractivity contribution is 7.12. The fraction of sp³-hybridized carbons (Fsp3) is 0.143. The van der Waals surface area contributed by atoms with Crippen LogP contribution in [0, 0.1) is 0 Å². The Kier molecular flexibility index (Phi) is 4.73. The summed E-state index contributed by atoms with van der Waals surface area (Å²) in [5, 5.41) is 5.76. The highest BCUT2D eigenvalue weighted by Crippen LogP contribution is 2.22. The maximum atomic E-state index is 11.7. The van der Waals surface area contributed by atoms with E-state index >= 15 is 0 Å². The van der Waals surface area contributed by atoms with Crippen LogP contribution in [0.3, 0.4) is 0 Å². The molecule has 0 fully saturated rings. The molecule has 0 aliphatic rings. The van der Waals surface area contributed by atoms with Crippen LogP contribution in [0.5, 0.6) is 11.5 Å². The number of nitrogens with zero attached hydrogens (tertiary/aromatic N) is 1. The number of methoxy groups -OCH3 is 2. The van der Waals surface area contributed by atoms with E-state index in [1.807, 2.05) is 11.4 Å². The number of thiophene rings is 1. The molecule has 1 aromatic carbocycles. The lowest BCUT2D eigenvalue weighted by Gasteiger charge is -2.06. The highest BCUT2D eigenvalue weighted by Gasteiger charge is 2.05. The van der Waals surface area contributed by atoms with Gasteiger partial charge in [0.25, 0.3) is 5.91 Å². The maximum Gasteiger partial charge on any atom is 0.281 e. The Balaban J connectivity index is 2.06. The first kappa shape index (κ1) is 14.1. The molecule has 2 rings (SSSR count). The number of rotatable bonds is 5. The molecule has 6 heteroatoms. The summed E-state index contributed by atoms with van der Waals surface area (Å²) in [7, 11) is 3.15. The number of hydrazone groups is 1. The SMILES string of the molecule is COc1ccc(/C=N/NC(=O)c2cccs2)c(OC)c1. The van der Waals surface area contributed by atoms with Gasteiger partial charge in [0.1, 0.15) is 11.5 Å². The predicted octanol–water partition coefficient (Wildman–Crippen LogP) is 2.53. The fourth-order valence-electron chi connectivity index (χ4n) is 1.55. The minimum Gasteiger partial charge on any atom is -0.497 e. The first-order chi connectivity index (χ1) is 9.74. The Labute approximate surface area is 120 Å². The van der Waals surface area contributed by atoms with E-state index in [1.54, 1.807) is 38.5 Å². The van der Waals surface area contributed by atoms with E-state index in [9.17, 15) is 4.79 Å². The van der Waals surface area contributed by atoms with E-state index in [0.717, 1.165) is 5.56 Å². The summed E-state index contributed by atoms with van der Waals surface area (Å²) in [4.78, 5) is 12.3. The van der Waals surface area contributed by atoms with Crippen molar-refractivity contribution in [1.82, 2.24) is 5.43 Å². The smallest absolute Gasteiger partial charge is 0.281 e. The number of carbonyl (C=O) groups excluding carboxylic acids is 1. The molecule has 0 atom stereocenters. The zero-order chi connectivity index (χ0) is 14.4. The van der Waals surface area contributed by atoms with Gasteiger partial charge in [0, 0.05) is 11.6 Å². The topological polar surface area (TPSA) is 59.9 Å².